The minimum atomic E-state index is 1.17. The fourth-order valence-electron chi connectivity index (χ4n) is 20.1. The van der Waals surface area contributed by atoms with Crippen molar-refractivity contribution in [3.8, 4) is 95.0 Å². The minimum Gasteiger partial charge on any atom is -0.309 e. The van der Waals surface area contributed by atoms with Gasteiger partial charge in [0.1, 0.15) is 0 Å². The van der Waals surface area contributed by atoms with Gasteiger partial charge in [0.25, 0.3) is 0 Å². The first kappa shape index (κ1) is 74.8. The van der Waals surface area contributed by atoms with E-state index in [9.17, 15) is 0 Å². The van der Waals surface area contributed by atoms with Gasteiger partial charge in [-0.15, -0.1) is 34.0 Å². The molecule has 6 heterocycles. The molecule has 0 aliphatic carbocycles. The Labute approximate surface area is 751 Å². The summed E-state index contributed by atoms with van der Waals surface area (Å²) in [5.41, 5.74) is 28.6. The summed E-state index contributed by atoms with van der Waals surface area (Å²) in [6.45, 7) is 0. The lowest BCUT2D eigenvalue weighted by molar-refractivity contribution is 1.19. The number of aromatic nitrogens is 3. The third-order valence-electron chi connectivity index (χ3n) is 26.0. The van der Waals surface area contributed by atoms with E-state index in [2.05, 4.69) is 481 Å². The lowest BCUT2D eigenvalue weighted by atomic mass is 10.0. The summed E-state index contributed by atoms with van der Waals surface area (Å²) in [6, 6.07) is 170. The Kier molecular flexibility index (Phi) is 18.2. The maximum absolute atomic E-state index is 2.52. The van der Waals surface area contributed by atoms with Crippen molar-refractivity contribution in [2.24, 2.45) is 0 Å². The van der Waals surface area contributed by atoms with Crippen LogP contribution in [-0.2, 0) is 0 Å². The first-order chi connectivity index (χ1) is 63.5. The molecule has 3 nitrogen and oxygen atoms in total. The lowest BCUT2D eigenvalue weighted by Gasteiger charge is -2.13. The first-order valence-corrected chi connectivity index (χ1v) is 46.2. The molecular weight excluding hydrogens is 1600 g/mol. The van der Waals surface area contributed by atoms with Crippen molar-refractivity contribution < 1.29 is 0 Å². The van der Waals surface area contributed by atoms with Crippen LogP contribution in [0.3, 0.4) is 0 Å². The molecule has 0 radical (unpaired) electrons. The Bertz CT molecular complexity index is 9000. The number of fused-ring (bicyclic) bond motifs is 23. The number of hydrogen-bond acceptors (Lipinski definition) is 3. The normalized spacial score (nSPS) is 11.8. The average Bonchev–Trinajstić information content (AvgIpc) is 1.56. The summed E-state index contributed by atoms with van der Waals surface area (Å²) in [4.78, 5) is 0. The molecule has 128 heavy (non-hydrogen) atoms. The Balaban J connectivity index is 0.000000104. The molecule has 0 atom stereocenters. The van der Waals surface area contributed by atoms with E-state index in [1.54, 1.807) is 0 Å². The van der Waals surface area contributed by atoms with E-state index in [4.69, 9.17) is 0 Å². The van der Waals surface area contributed by atoms with Gasteiger partial charge < -0.3 is 13.7 Å². The van der Waals surface area contributed by atoms with Crippen LogP contribution in [0.5, 0.6) is 0 Å². The summed E-state index contributed by atoms with van der Waals surface area (Å²) < 4.78 is 15.4. The van der Waals surface area contributed by atoms with Gasteiger partial charge >= 0.3 is 0 Å². The minimum absolute atomic E-state index is 1.17. The predicted molar refractivity (Wildman–Crippen MR) is 554 cm³/mol. The van der Waals surface area contributed by atoms with Gasteiger partial charge in [-0.25, -0.2) is 0 Å². The molecule has 0 amide bonds. The first-order valence-electron chi connectivity index (χ1n) is 43.7. The third-order valence-corrected chi connectivity index (χ3v) is 29.6. The molecule has 0 saturated carbocycles. The second kappa shape index (κ2) is 31.2. The van der Waals surface area contributed by atoms with Gasteiger partial charge in [-0.1, -0.05) is 382 Å². The van der Waals surface area contributed by atoms with Crippen molar-refractivity contribution in [1.82, 2.24) is 13.7 Å². The van der Waals surface area contributed by atoms with Crippen molar-refractivity contribution in [2.75, 3.05) is 0 Å². The molecule has 6 heteroatoms. The zero-order chi connectivity index (χ0) is 84.3. The highest BCUT2D eigenvalue weighted by Gasteiger charge is 2.26. The van der Waals surface area contributed by atoms with Gasteiger partial charge in [-0.2, -0.15) is 0 Å². The molecule has 0 spiro atoms. The van der Waals surface area contributed by atoms with Gasteiger partial charge in [0.2, 0.25) is 0 Å². The highest BCUT2D eigenvalue weighted by molar-refractivity contribution is 7.27. The quantitative estimate of drug-likeness (QED) is 0.130. The fourth-order valence-corrected chi connectivity index (χ4v) is 23.8. The van der Waals surface area contributed by atoms with E-state index in [0.717, 1.165) is 0 Å². The van der Waals surface area contributed by atoms with Crippen molar-refractivity contribution >= 4 is 181 Å². The van der Waals surface area contributed by atoms with E-state index in [-0.39, 0.29) is 0 Å². The van der Waals surface area contributed by atoms with Crippen LogP contribution in [0.25, 0.3) is 242 Å². The number of benzene rings is 21. The van der Waals surface area contributed by atoms with E-state index in [1.807, 2.05) is 34.0 Å². The molecule has 0 N–H and O–H groups in total. The molecule has 6 aromatic heterocycles. The zero-order valence-electron chi connectivity index (χ0n) is 69.5. The van der Waals surface area contributed by atoms with Crippen LogP contribution >= 0.6 is 34.0 Å². The topological polar surface area (TPSA) is 14.8 Å². The van der Waals surface area contributed by atoms with Gasteiger partial charge in [-0.3, -0.25) is 0 Å². The van der Waals surface area contributed by atoms with Crippen LogP contribution in [0, 0.1) is 0 Å². The summed E-state index contributed by atoms with van der Waals surface area (Å²) in [5.74, 6) is 0. The SMILES string of the molecule is c1ccc(-c2ccc(-n3c4ccc(-c5ccccc5)cc4c4ccc5sc6c(-c7ccccc7)cccc6c5c43)cc2)cc1.c1ccc(-c2ccc3c(c2)c2ccc4sc5c(-c6ccccc6)cccc5c4c2n3-c2ccc3ccccc3c2)cc1.c1ccc(-c2ccc3c(c2)c2ccc4sc5c(-c6ccccc6)cccc5c4c2n3-c2cccc3ccccc23)cc1. The molecule has 0 aliphatic heterocycles. The van der Waals surface area contributed by atoms with Crippen molar-refractivity contribution in [3.05, 3.63) is 467 Å². The monoisotopic (exact) mass is 1680 g/mol. The van der Waals surface area contributed by atoms with Crippen LogP contribution < -0.4 is 0 Å². The lowest BCUT2D eigenvalue weighted by Crippen LogP contribution is -1.95. The van der Waals surface area contributed by atoms with Gasteiger partial charge in [0, 0.05) is 110 Å². The molecular formula is C122H77N3S3. The van der Waals surface area contributed by atoms with Crippen LogP contribution in [0.15, 0.2) is 467 Å². The molecule has 0 fully saturated rings. The summed E-state index contributed by atoms with van der Waals surface area (Å²) >= 11 is 5.70. The van der Waals surface area contributed by atoms with E-state index in [0.29, 0.717) is 0 Å². The Hall–Kier alpha value is -15.8. The summed E-state index contributed by atoms with van der Waals surface area (Å²) in [5, 5.41) is 20.6. The van der Waals surface area contributed by atoms with Gasteiger partial charge in [-0.05, 0) is 179 Å². The second-order valence-electron chi connectivity index (χ2n) is 33.2. The van der Waals surface area contributed by atoms with Crippen molar-refractivity contribution in [1.29, 1.82) is 0 Å². The molecule has 21 aromatic carbocycles. The van der Waals surface area contributed by atoms with E-state index < -0.39 is 0 Å². The second-order valence-corrected chi connectivity index (χ2v) is 36.4. The van der Waals surface area contributed by atoms with Crippen LogP contribution in [0.4, 0.5) is 0 Å². The van der Waals surface area contributed by atoms with Crippen molar-refractivity contribution in [3.63, 3.8) is 0 Å². The van der Waals surface area contributed by atoms with E-state index in [1.165, 1.54) is 242 Å². The maximum atomic E-state index is 2.52. The molecule has 27 rings (SSSR count). The molecule has 0 unspecified atom stereocenters. The van der Waals surface area contributed by atoms with Crippen LogP contribution in [0.1, 0.15) is 0 Å². The Morgan fingerprint density at radius 2 is 0.453 bits per heavy atom. The summed E-state index contributed by atoms with van der Waals surface area (Å²) in [6.07, 6.45) is 0. The average molecular weight is 1680 g/mol. The molecule has 27 aromatic rings. The number of hydrogen-bond donors (Lipinski definition) is 0. The number of rotatable bonds is 10. The largest absolute Gasteiger partial charge is 0.309 e. The standard InChI is InChI=1S/C42H27NS.2C40H25NS/c1-4-11-28(12-5-1)30-19-22-33(23-20-30)43-38-25-21-32(29-13-6-2-7-14-29)27-37(38)35-24-26-39-40(41(35)43)36-18-10-17-34(42(36)44-39)31-15-8-3-9-16-31;1-3-11-26(12-4-1)29-21-23-36-34(25-29)32-22-24-37-38(33-19-10-18-31(40(33)42-37)28-13-5-2-6-14-28)39(32)41(36)35-20-9-16-27-15-7-8-17-30(27)35;1-3-10-26(11-4-1)30-19-22-36-35(25-30)33-21-23-37-38(34-17-9-16-32(40(34)42-37)28-13-5-2-6-14-28)39(33)41(36)31-20-18-27-12-7-8-15-29(27)24-31/h1-27H;2*1-25H. The molecule has 598 valence electrons. The highest BCUT2D eigenvalue weighted by Crippen LogP contribution is 2.52. The van der Waals surface area contributed by atoms with Crippen LogP contribution in [-0.4, -0.2) is 13.7 Å². The maximum Gasteiger partial charge on any atom is 0.0634 e. The Morgan fingerprint density at radius 3 is 0.867 bits per heavy atom. The molecule has 0 saturated heterocycles. The van der Waals surface area contributed by atoms with Crippen molar-refractivity contribution in [2.45, 2.75) is 0 Å². The number of nitrogens with zero attached hydrogens (tertiary/aromatic N) is 3. The Morgan fingerprint density at radius 1 is 0.156 bits per heavy atom. The zero-order valence-corrected chi connectivity index (χ0v) is 72.0. The molecule has 0 bridgehead atoms. The number of thiophene rings is 3. The van der Waals surface area contributed by atoms with Gasteiger partial charge in [0.05, 0.1) is 38.8 Å². The van der Waals surface area contributed by atoms with E-state index >= 15 is 0 Å². The third kappa shape index (κ3) is 12.6. The highest BCUT2D eigenvalue weighted by atomic mass is 32.1. The predicted octanol–water partition coefficient (Wildman–Crippen LogP) is 35.4. The summed E-state index contributed by atoms with van der Waals surface area (Å²) in [7, 11) is 0. The van der Waals surface area contributed by atoms with Crippen LogP contribution in [0.2, 0.25) is 0 Å². The smallest absolute Gasteiger partial charge is 0.0634 e. The fraction of sp³-hybridized carbons (Fsp3) is 0. The molecule has 0 aliphatic rings. The van der Waals surface area contributed by atoms with Gasteiger partial charge in [0.15, 0.2) is 0 Å².